The van der Waals surface area contributed by atoms with Gasteiger partial charge in [0, 0.05) is 40.6 Å². The van der Waals surface area contributed by atoms with Crippen molar-refractivity contribution >= 4 is 22.1 Å². The monoisotopic (exact) mass is 279 g/mol. The standard InChI is InChI=1S/C17H17N3O/c18-16-5-6-17(14-7-8-19-10-15(14)16)20(12-3-4-12)11-13-2-1-9-21-13/h1-2,5-10,12H,3-4,11,18H2. The summed E-state index contributed by atoms with van der Waals surface area (Å²) >= 11 is 0. The lowest BCUT2D eigenvalue weighted by molar-refractivity contribution is 0.501. The number of aromatic nitrogens is 1. The average molecular weight is 279 g/mol. The Labute approximate surface area is 123 Å². The van der Waals surface area contributed by atoms with Gasteiger partial charge in [-0.25, -0.2) is 0 Å². The van der Waals surface area contributed by atoms with Crippen molar-refractivity contribution in [2.75, 3.05) is 10.6 Å². The largest absolute Gasteiger partial charge is 0.467 e. The molecule has 1 fully saturated rings. The quantitative estimate of drug-likeness (QED) is 0.742. The molecule has 0 saturated heterocycles. The van der Waals surface area contributed by atoms with Gasteiger partial charge in [0.15, 0.2) is 0 Å². The molecule has 1 aliphatic carbocycles. The molecule has 1 aliphatic rings. The predicted octanol–water partition coefficient (Wildman–Crippen LogP) is 3.58. The van der Waals surface area contributed by atoms with Crippen LogP contribution in [0.2, 0.25) is 0 Å². The van der Waals surface area contributed by atoms with E-state index in [9.17, 15) is 0 Å². The lowest BCUT2D eigenvalue weighted by Gasteiger charge is -2.25. The average Bonchev–Trinajstić information content (AvgIpc) is 3.23. The first-order chi connectivity index (χ1) is 10.3. The maximum Gasteiger partial charge on any atom is 0.123 e. The fraction of sp³-hybridized carbons (Fsp3) is 0.235. The molecule has 1 saturated carbocycles. The van der Waals surface area contributed by atoms with Crippen molar-refractivity contribution in [1.29, 1.82) is 0 Å². The van der Waals surface area contributed by atoms with Gasteiger partial charge in [-0.2, -0.15) is 0 Å². The van der Waals surface area contributed by atoms with E-state index in [0.717, 1.165) is 28.8 Å². The van der Waals surface area contributed by atoms with Gasteiger partial charge in [0.1, 0.15) is 5.76 Å². The second-order valence-electron chi connectivity index (χ2n) is 5.53. The molecule has 4 rings (SSSR count). The topological polar surface area (TPSA) is 55.3 Å². The zero-order valence-electron chi connectivity index (χ0n) is 11.7. The molecule has 0 atom stereocenters. The van der Waals surface area contributed by atoms with Crippen LogP contribution in [-0.2, 0) is 6.54 Å². The van der Waals surface area contributed by atoms with Gasteiger partial charge in [-0.05, 0) is 43.2 Å². The Bertz CT molecular complexity index is 763. The summed E-state index contributed by atoms with van der Waals surface area (Å²) in [6.07, 6.45) is 7.86. The van der Waals surface area contributed by atoms with Gasteiger partial charge in [-0.1, -0.05) is 0 Å². The molecule has 106 valence electrons. The Hall–Kier alpha value is -2.49. The molecule has 0 unspecified atom stereocenters. The van der Waals surface area contributed by atoms with Gasteiger partial charge in [0.25, 0.3) is 0 Å². The van der Waals surface area contributed by atoms with Crippen LogP contribution in [0.4, 0.5) is 11.4 Å². The number of hydrogen-bond acceptors (Lipinski definition) is 4. The molecule has 0 bridgehead atoms. The Morgan fingerprint density at radius 1 is 1.19 bits per heavy atom. The van der Waals surface area contributed by atoms with Crippen molar-refractivity contribution < 1.29 is 4.42 Å². The molecule has 2 heterocycles. The highest BCUT2D eigenvalue weighted by atomic mass is 16.3. The summed E-state index contributed by atoms with van der Waals surface area (Å²) in [6, 6.07) is 10.7. The molecular formula is C17H17N3O. The number of benzene rings is 1. The fourth-order valence-corrected chi connectivity index (χ4v) is 2.81. The minimum atomic E-state index is 0.593. The van der Waals surface area contributed by atoms with Gasteiger partial charge in [-0.15, -0.1) is 0 Å². The highest BCUT2D eigenvalue weighted by Gasteiger charge is 2.30. The van der Waals surface area contributed by atoms with E-state index in [4.69, 9.17) is 10.2 Å². The van der Waals surface area contributed by atoms with Gasteiger partial charge in [0.05, 0.1) is 12.8 Å². The first-order valence-corrected chi connectivity index (χ1v) is 7.24. The summed E-state index contributed by atoms with van der Waals surface area (Å²) < 4.78 is 5.52. The second kappa shape index (κ2) is 4.81. The predicted molar refractivity (Wildman–Crippen MR) is 84.1 cm³/mol. The van der Waals surface area contributed by atoms with Crippen LogP contribution in [-0.4, -0.2) is 11.0 Å². The summed E-state index contributed by atoms with van der Waals surface area (Å²) in [5, 5.41) is 2.17. The SMILES string of the molecule is Nc1ccc(N(Cc2ccco2)C2CC2)c2ccncc12. The van der Waals surface area contributed by atoms with Crippen LogP contribution in [0.25, 0.3) is 10.8 Å². The Morgan fingerprint density at radius 3 is 2.86 bits per heavy atom. The Morgan fingerprint density at radius 2 is 2.10 bits per heavy atom. The lowest BCUT2D eigenvalue weighted by Crippen LogP contribution is -2.25. The highest BCUT2D eigenvalue weighted by Crippen LogP contribution is 2.38. The van der Waals surface area contributed by atoms with E-state index in [0.29, 0.717) is 6.04 Å². The van der Waals surface area contributed by atoms with E-state index in [1.807, 2.05) is 36.7 Å². The van der Waals surface area contributed by atoms with E-state index < -0.39 is 0 Å². The van der Waals surface area contributed by atoms with Gasteiger partial charge in [0.2, 0.25) is 0 Å². The Kier molecular flexibility index (Phi) is 2.81. The van der Waals surface area contributed by atoms with E-state index in [1.165, 1.54) is 18.5 Å². The number of anilines is 2. The molecule has 21 heavy (non-hydrogen) atoms. The number of pyridine rings is 1. The van der Waals surface area contributed by atoms with Crippen molar-refractivity contribution in [2.45, 2.75) is 25.4 Å². The molecule has 1 aromatic carbocycles. The number of rotatable bonds is 4. The smallest absolute Gasteiger partial charge is 0.123 e. The van der Waals surface area contributed by atoms with Crippen molar-refractivity contribution in [2.24, 2.45) is 0 Å². The molecule has 0 spiro atoms. The Balaban J connectivity index is 1.81. The number of fused-ring (bicyclic) bond motifs is 1. The maximum absolute atomic E-state index is 6.08. The fourth-order valence-electron chi connectivity index (χ4n) is 2.81. The molecule has 2 N–H and O–H groups in total. The van der Waals surface area contributed by atoms with Crippen molar-refractivity contribution in [3.05, 3.63) is 54.7 Å². The molecule has 0 radical (unpaired) electrons. The van der Waals surface area contributed by atoms with E-state index in [2.05, 4.69) is 16.0 Å². The molecule has 3 aromatic rings. The molecule has 4 heteroatoms. The van der Waals surface area contributed by atoms with Crippen LogP contribution >= 0.6 is 0 Å². The zero-order valence-corrected chi connectivity index (χ0v) is 11.7. The summed E-state index contributed by atoms with van der Waals surface area (Å²) in [5.41, 5.74) is 8.06. The zero-order chi connectivity index (χ0) is 14.2. The van der Waals surface area contributed by atoms with E-state index in [-0.39, 0.29) is 0 Å². The highest BCUT2D eigenvalue weighted by molar-refractivity contribution is 6.01. The molecule has 0 amide bonds. The summed E-state index contributed by atoms with van der Waals surface area (Å²) in [4.78, 5) is 6.61. The van der Waals surface area contributed by atoms with Crippen LogP contribution in [0.3, 0.4) is 0 Å². The molecule has 2 aromatic heterocycles. The molecule has 4 nitrogen and oxygen atoms in total. The number of nitrogens with two attached hydrogens (primary N) is 1. The van der Waals surface area contributed by atoms with Crippen LogP contribution in [0, 0.1) is 0 Å². The first-order valence-electron chi connectivity index (χ1n) is 7.24. The van der Waals surface area contributed by atoms with Crippen LogP contribution < -0.4 is 10.6 Å². The van der Waals surface area contributed by atoms with Gasteiger partial charge in [-0.3, -0.25) is 4.98 Å². The van der Waals surface area contributed by atoms with Crippen LogP contribution in [0.15, 0.2) is 53.4 Å². The maximum atomic E-state index is 6.08. The second-order valence-corrected chi connectivity index (χ2v) is 5.53. The van der Waals surface area contributed by atoms with E-state index >= 15 is 0 Å². The summed E-state index contributed by atoms with van der Waals surface area (Å²) in [5.74, 6) is 0.987. The number of nitrogen functional groups attached to an aromatic ring is 1. The number of hydrogen-bond donors (Lipinski definition) is 1. The van der Waals surface area contributed by atoms with Gasteiger partial charge < -0.3 is 15.1 Å². The minimum absolute atomic E-state index is 0.593. The number of furan rings is 1. The third-order valence-electron chi connectivity index (χ3n) is 4.03. The summed E-state index contributed by atoms with van der Waals surface area (Å²) in [6.45, 7) is 0.791. The van der Waals surface area contributed by atoms with Crippen molar-refractivity contribution in [1.82, 2.24) is 4.98 Å². The normalized spacial score (nSPS) is 14.5. The van der Waals surface area contributed by atoms with Crippen LogP contribution in [0.5, 0.6) is 0 Å². The van der Waals surface area contributed by atoms with Crippen molar-refractivity contribution in [3.63, 3.8) is 0 Å². The van der Waals surface area contributed by atoms with Gasteiger partial charge >= 0.3 is 0 Å². The lowest BCUT2D eigenvalue weighted by atomic mass is 10.1. The minimum Gasteiger partial charge on any atom is -0.467 e. The molecular weight excluding hydrogens is 262 g/mol. The van der Waals surface area contributed by atoms with E-state index in [1.54, 1.807) is 6.26 Å². The third kappa shape index (κ3) is 2.23. The third-order valence-corrected chi connectivity index (χ3v) is 4.03. The first kappa shape index (κ1) is 12.3. The molecule has 0 aliphatic heterocycles. The van der Waals surface area contributed by atoms with Crippen molar-refractivity contribution in [3.8, 4) is 0 Å². The number of nitrogens with zero attached hydrogens (tertiary/aromatic N) is 2. The summed E-state index contributed by atoms with van der Waals surface area (Å²) in [7, 11) is 0. The van der Waals surface area contributed by atoms with Crippen LogP contribution in [0.1, 0.15) is 18.6 Å².